The molecular formula is C18H21ClN2O3S2. The molecule has 26 heavy (non-hydrogen) atoms. The summed E-state index contributed by atoms with van der Waals surface area (Å²) < 4.78 is 27.4. The molecule has 0 atom stereocenters. The van der Waals surface area contributed by atoms with Crippen molar-refractivity contribution in [2.75, 3.05) is 18.4 Å². The van der Waals surface area contributed by atoms with Crippen molar-refractivity contribution in [2.45, 2.75) is 30.9 Å². The van der Waals surface area contributed by atoms with Crippen LogP contribution in [0.1, 0.15) is 24.0 Å². The maximum absolute atomic E-state index is 12.6. The fourth-order valence-electron chi connectivity index (χ4n) is 3.03. The molecule has 0 aliphatic carbocycles. The van der Waals surface area contributed by atoms with Crippen LogP contribution in [-0.4, -0.2) is 31.7 Å². The van der Waals surface area contributed by atoms with E-state index in [-0.39, 0.29) is 16.0 Å². The predicted molar refractivity (Wildman–Crippen MR) is 105 cm³/mol. The summed E-state index contributed by atoms with van der Waals surface area (Å²) in [5, 5.41) is 2.99. The molecule has 8 heteroatoms. The summed E-state index contributed by atoms with van der Waals surface area (Å²) in [6.07, 6.45) is 1.02. The van der Waals surface area contributed by atoms with E-state index in [4.69, 9.17) is 11.6 Å². The van der Waals surface area contributed by atoms with Gasteiger partial charge in [-0.25, -0.2) is 8.42 Å². The first-order chi connectivity index (χ1) is 12.3. The van der Waals surface area contributed by atoms with Crippen LogP contribution in [-0.2, 0) is 14.8 Å². The molecule has 0 unspecified atom stereocenters. The number of aryl methyl sites for hydroxylation is 2. The number of carbonyl (C=O) groups is 1. The number of sulfonamides is 1. The summed E-state index contributed by atoms with van der Waals surface area (Å²) in [5.41, 5.74) is 2.92. The number of rotatable bonds is 4. The van der Waals surface area contributed by atoms with Gasteiger partial charge in [0.25, 0.3) is 10.0 Å². The highest BCUT2D eigenvalue weighted by atomic mass is 35.5. The second-order valence-corrected chi connectivity index (χ2v) is 10.4. The van der Waals surface area contributed by atoms with Crippen LogP contribution in [0, 0.1) is 19.8 Å². The lowest BCUT2D eigenvalue weighted by molar-refractivity contribution is -0.120. The standard InChI is InChI=1S/C18H21ClN2O3S2/c1-12-3-4-13(2)15(11-12)20-18(22)14-7-9-21(10-8-14)26(23,24)17-6-5-16(19)25-17/h3-6,11,14H,7-10H2,1-2H3,(H,20,22). The monoisotopic (exact) mass is 412 g/mol. The highest BCUT2D eigenvalue weighted by Gasteiger charge is 2.33. The summed E-state index contributed by atoms with van der Waals surface area (Å²) in [5.74, 6) is -0.233. The normalized spacial score (nSPS) is 16.6. The minimum Gasteiger partial charge on any atom is -0.326 e. The van der Waals surface area contributed by atoms with Crippen molar-refractivity contribution < 1.29 is 13.2 Å². The molecule has 2 heterocycles. The van der Waals surface area contributed by atoms with Gasteiger partial charge in [-0.05, 0) is 56.0 Å². The van der Waals surface area contributed by atoms with Gasteiger partial charge in [0.15, 0.2) is 0 Å². The van der Waals surface area contributed by atoms with Crippen LogP contribution in [0.2, 0.25) is 4.34 Å². The van der Waals surface area contributed by atoms with Crippen molar-refractivity contribution >= 4 is 44.6 Å². The van der Waals surface area contributed by atoms with Gasteiger partial charge >= 0.3 is 0 Å². The number of hydrogen-bond acceptors (Lipinski definition) is 4. The van der Waals surface area contributed by atoms with E-state index in [0.717, 1.165) is 28.2 Å². The molecule has 1 amide bonds. The summed E-state index contributed by atoms with van der Waals surface area (Å²) >= 11 is 6.91. The maximum atomic E-state index is 12.6. The largest absolute Gasteiger partial charge is 0.326 e. The number of thiophene rings is 1. The lowest BCUT2D eigenvalue weighted by Gasteiger charge is -2.30. The SMILES string of the molecule is Cc1ccc(C)c(NC(=O)C2CCN(S(=O)(=O)c3ccc(Cl)s3)CC2)c1. The third kappa shape index (κ3) is 4.11. The first-order valence-corrected chi connectivity index (χ1v) is 11.0. The van der Waals surface area contributed by atoms with E-state index in [0.29, 0.717) is 30.3 Å². The highest BCUT2D eigenvalue weighted by Crippen LogP contribution is 2.31. The zero-order chi connectivity index (χ0) is 18.9. The molecule has 0 saturated carbocycles. The Bertz CT molecular complexity index is 916. The van der Waals surface area contributed by atoms with E-state index < -0.39 is 10.0 Å². The minimum absolute atomic E-state index is 0.0464. The zero-order valence-electron chi connectivity index (χ0n) is 14.7. The summed E-state index contributed by atoms with van der Waals surface area (Å²) in [7, 11) is -3.53. The molecule has 2 aromatic rings. The molecule has 3 rings (SSSR count). The molecule has 0 bridgehead atoms. The van der Waals surface area contributed by atoms with Crippen molar-refractivity contribution in [3.8, 4) is 0 Å². The fraction of sp³-hybridized carbons (Fsp3) is 0.389. The molecule has 1 N–H and O–H groups in total. The smallest absolute Gasteiger partial charge is 0.252 e. The van der Waals surface area contributed by atoms with E-state index in [1.807, 2.05) is 32.0 Å². The number of nitrogens with zero attached hydrogens (tertiary/aromatic N) is 1. The Labute approximate surface area is 163 Å². The van der Waals surface area contributed by atoms with Crippen molar-refractivity contribution in [2.24, 2.45) is 5.92 Å². The molecule has 1 saturated heterocycles. The molecule has 5 nitrogen and oxygen atoms in total. The predicted octanol–water partition coefficient (Wildman–Crippen LogP) is 4.06. The third-order valence-corrected chi connectivity index (χ3v) is 8.22. The van der Waals surface area contributed by atoms with E-state index in [2.05, 4.69) is 5.32 Å². The van der Waals surface area contributed by atoms with Gasteiger partial charge in [0.1, 0.15) is 4.21 Å². The van der Waals surface area contributed by atoms with Gasteiger partial charge in [-0.2, -0.15) is 4.31 Å². The average Bonchev–Trinajstić information content (AvgIpc) is 3.05. The van der Waals surface area contributed by atoms with Gasteiger partial charge in [-0.15, -0.1) is 11.3 Å². The minimum atomic E-state index is -3.53. The second kappa shape index (κ2) is 7.68. The number of benzene rings is 1. The Hall–Kier alpha value is -1.41. The van der Waals surface area contributed by atoms with Crippen LogP contribution in [0.25, 0.3) is 0 Å². The summed E-state index contributed by atoms with van der Waals surface area (Å²) in [6.45, 7) is 4.61. The number of anilines is 1. The maximum Gasteiger partial charge on any atom is 0.252 e. The fourth-order valence-corrected chi connectivity index (χ4v) is 6.13. The van der Waals surface area contributed by atoms with Gasteiger partial charge < -0.3 is 5.32 Å². The number of nitrogens with one attached hydrogen (secondary N) is 1. The molecule has 1 aliphatic rings. The zero-order valence-corrected chi connectivity index (χ0v) is 17.0. The Morgan fingerprint density at radius 2 is 1.88 bits per heavy atom. The second-order valence-electron chi connectivity index (χ2n) is 6.54. The number of hydrogen-bond donors (Lipinski definition) is 1. The molecule has 1 aromatic heterocycles. The molecular weight excluding hydrogens is 392 g/mol. The molecule has 0 spiro atoms. The number of piperidine rings is 1. The van der Waals surface area contributed by atoms with Crippen LogP contribution in [0.3, 0.4) is 0 Å². The van der Waals surface area contributed by atoms with E-state index in [1.54, 1.807) is 6.07 Å². The number of halogens is 1. The van der Waals surface area contributed by atoms with Crippen molar-refractivity contribution in [3.05, 3.63) is 45.8 Å². The summed E-state index contributed by atoms with van der Waals surface area (Å²) in [4.78, 5) is 12.6. The van der Waals surface area contributed by atoms with Crippen LogP contribution in [0.4, 0.5) is 5.69 Å². The van der Waals surface area contributed by atoms with Crippen molar-refractivity contribution in [3.63, 3.8) is 0 Å². The molecule has 1 aromatic carbocycles. The quantitative estimate of drug-likeness (QED) is 0.823. The molecule has 140 valence electrons. The van der Waals surface area contributed by atoms with Gasteiger partial charge in [-0.1, -0.05) is 23.7 Å². The van der Waals surface area contributed by atoms with Crippen molar-refractivity contribution in [1.29, 1.82) is 0 Å². The molecule has 0 radical (unpaired) electrons. The van der Waals surface area contributed by atoms with Gasteiger partial charge in [0.05, 0.1) is 4.34 Å². The van der Waals surface area contributed by atoms with Crippen LogP contribution < -0.4 is 5.32 Å². The van der Waals surface area contributed by atoms with Crippen molar-refractivity contribution in [1.82, 2.24) is 4.31 Å². The number of carbonyl (C=O) groups excluding carboxylic acids is 1. The Balaban J connectivity index is 1.63. The van der Waals surface area contributed by atoms with Crippen LogP contribution in [0.5, 0.6) is 0 Å². The van der Waals surface area contributed by atoms with Gasteiger partial charge in [0.2, 0.25) is 5.91 Å². The van der Waals surface area contributed by atoms with E-state index in [9.17, 15) is 13.2 Å². The Morgan fingerprint density at radius 1 is 1.19 bits per heavy atom. The third-order valence-electron chi connectivity index (χ3n) is 4.62. The van der Waals surface area contributed by atoms with Crippen LogP contribution in [0.15, 0.2) is 34.5 Å². The van der Waals surface area contributed by atoms with E-state index in [1.165, 1.54) is 10.4 Å². The van der Waals surface area contributed by atoms with E-state index >= 15 is 0 Å². The lowest BCUT2D eigenvalue weighted by atomic mass is 9.97. The Morgan fingerprint density at radius 3 is 2.50 bits per heavy atom. The first kappa shape index (κ1) is 19.4. The van der Waals surface area contributed by atoms with Gasteiger partial charge in [0, 0.05) is 24.7 Å². The molecule has 1 aliphatic heterocycles. The Kier molecular flexibility index (Phi) is 5.72. The lowest BCUT2D eigenvalue weighted by Crippen LogP contribution is -2.41. The average molecular weight is 413 g/mol. The summed E-state index contributed by atoms with van der Waals surface area (Å²) in [6, 6.07) is 9.05. The van der Waals surface area contributed by atoms with Gasteiger partial charge in [-0.3, -0.25) is 4.79 Å². The number of amides is 1. The van der Waals surface area contributed by atoms with Crippen LogP contribution >= 0.6 is 22.9 Å². The first-order valence-electron chi connectivity index (χ1n) is 8.41. The molecule has 1 fully saturated rings. The topological polar surface area (TPSA) is 66.5 Å². The highest BCUT2D eigenvalue weighted by molar-refractivity contribution is 7.91.